The number of aryl methyl sites for hydroxylation is 1. The summed E-state index contributed by atoms with van der Waals surface area (Å²) in [6.45, 7) is 5.79. The van der Waals surface area contributed by atoms with Crippen LogP contribution in [0.4, 0.5) is 0 Å². The van der Waals surface area contributed by atoms with E-state index in [0.29, 0.717) is 11.1 Å². The van der Waals surface area contributed by atoms with Crippen molar-refractivity contribution in [1.82, 2.24) is 0 Å². The lowest BCUT2D eigenvalue weighted by molar-refractivity contribution is 0.342. The summed E-state index contributed by atoms with van der Waals surface area (Å²) in [5, 5.41) is 39.8. The number of phenolic OH excluding ortho intramolecular Hbond substituents is 4. The van der Waals surface area contributed by atoms with E-state index >= 15 is 0 Å². The molecule has 0 aliphatic heterocycles. The van der Waals surface area contributed by atoms with Crippen LogP contribution in [0.1, 0.15) is 30.5 Å². The number of fused-ring (bicyclic) bond motifs is 3. The van der Waals surface area contributed by atoms with Gasteiger partial charge in [0.2, 0.25) is 11.5 Å². The van der Waals surface area contributed by atoms with Crippen LogP contribution in [-0.4, -0.2) is 20.4 Å². The number of rotatable bonds is 0. The first-order valence-electron chi connectivity index (χ1n) is 6.38. The monoisotopic (exact) mass is 272 g/mol. The summed E-state index contributed by atoms with van der Waals surface area (Å²) in [7, 11) is 0. The van der Waals surface area contributed by atoms with Gasteiger partial charge >= 0.3 is 0 Å². The Balaban J connectivity index is 2.51. The van der Waals surface area contributed by atoms with Crippen molar-refractivity contribution in [1.29, 1.82) is 0 Å². The van der Waals surface area contributed by atoms with Crippen molar-refractivity contribution >= 4 is 0 Å². The molecule has 4 heteroatoms. The van der Waals surface area contributed by atoms with Crippen LogP contribution in [-0.2, 0) is 5.41 Å². The third-order valence-corrected chi connectivity index (χ3v) is 4.14. The number of hydrogen-bond acceptors (Lipinski definition) is 4. The van der Waals surface area contributed by atoms with Gasteiger partial charge in [0.25, 0.3) is 0 Å². The Morgan fingerprint density at radius 3 is 2.10 bits per heavy atom. The fourth-order valence-electron chi connectivity index (χ4n) is 3.10. The highest BCUT2D eigenvalue weighted by molar-refractivity contribution is 5.91. The van der Waals surface area contributed by atoms with Gasteiger partial charge in [-0.1, -0.05) is 37.6 Å². The first kappa shape index (κ1) is 12.7. The molecule has 0 heterocycles. The van der Waals surface area contributed by atoms with Crippen LogP contribution in [0.5, 0.6) is 23.0 Å². The molecule has 20 heavy (non-hydrogen) atoms. The van der Waals surface area contributed by atoms with Crippen molar-refractivity contribution in [3.05, 3.63) is 34.9 Å². The van der Waals surface area contributed by atoms with Gasteiger partial charge in [0.15, 0.2) is 11.5 Å². The highest BCUT2D eigenvalue weighted by Crippen LogP contribution is 2.61. The lowest BCUT2D eigenvalue weighted by Crippen LogP contribution is -2.15. The summed E-state index contributed by atoms with van der Waals surface area (Å²) in [6.07, 6.45) is 0. The van der Waals surface area contributed by atoms with Crippen molar-refractivity contribution in [3.63, 3.8) is 0 Å². The predicted octanol–water partition coefficient (Wildman–Crippen LogP) is 3.12. The van der Waals surface area contributed by atoms with Gasteiger partial charge in [0.05, 0.1) is 0 Å². The lowest BCUT2D eigenvalue weighted by Gasteiger charge is -2.23. The van der Waals surface area contributed by atoms with Crippen LogP contribution in [0.2, 0.25) is 0 Å². The smallest absolute Gasteiger partial charge is 0.204 e. The molecule has 3 rings (SSSR count). The summed E-state index contributed by atoms with van der Waals surface area (Å²) in [4.78, 5) is 0. The molecule has 1 aliphatic rings. The average molecular weight is 272 g/mol. The molecule has 0 amide bonds. The Kier molecular flexibility index (Phi) is 2.28. The molecule has 0 aromatic heterocycles. The molecule has 4 N–H and O–H groups in total. The third-order valence-electron chi connectivity index (χ3n) is 4.14. The molecule has 0 fully saturated rings. The van der Waals surface area contributed by atoms with Crippen molar-refractivity contribution in [2.45, 2.75) is 26.2 Å². The largest absolute Gasteiger partial charge is 0.504 e. The number of hydrogen-bond donors (Lipinski definition) is 4. The molecule has 104 valence electrons. The highest BCUT2D eigenvalue weighted by atomic mass is 16.3. The number of phenols is 4. The molecule has 2 aromatic carbocycles. The van der Waals surface area contributed by atoms with Gasteiger partial charge in [-0.15, -0.1) is 0 Å². The Labute approximate surface area is 116 Å². The van der Waals surface area contributed by atoms with Gasteiger partial charge in [-0.25, -0.2) is 0 Å². The van der Waals surface area contributed by atoms with Gasteiger partial charge in [0, 0.05) is 16.5 Å². The van der Waals surface area contributed by atoms with Gasteiger partial charge in [0.1, 0.15) is 0 Å². The lowest BCUT2D eigenvalue weighted by atomic mass is 9.81. The van der Waals surface area contributed by atoms with Crippen LogP contribution >= 0.6 is 0 Å². The average Bonchev–Trinajstić information content (AvgIpc) is 2.62. The molecule has 4 nitrogen and oxygen atoms in total. The second kappa shape index (κ2) is 3.60. The summed E-state index contributed by atoms with van der Waals surface area (Å²) in [5.41, 5.74) is 3.03. The third kappa shape index (κ3) is 1.31. The maximum atomic E-state index is 10.2. The van der Waals surface area contributed by atoms with E-state index in [-0.39, 0.29) is 5.75 Å². The van der Waals surface area contributed by atoms with Crippen LogP contribution in [0.25, 0.3) is 11.1 Å². The van der Waals surface area contributed by atoms with Crippen LogP contribution in [0, 0.1) is 6.92 Å². The maximum absolute atomic E-state index is 10.2. The molecule has 0 spiro atoms. The number of benzene rings is 2. The first-order chi connectivity index (χ1) is 9.26. The van der Waals surface area contributed by atoms with Gasteiger partial charge in [-0.05, 0) is 18.1 Å². The molecular weight excluding hydrogens is 256 g/mol. The predicted molar refractivity (Wildman–Crippen MR) is 75.4 cm³/mol. The zero-order valence-corrected chi connectivity index (χ0v) is 11.5. The molecule has 0 bridgehead atoms. The SMILES string of the molecule is Cc1ccc2c(c1)C(C)(C)c1c(O)c(O)c(O)c(O)c1-2. The van der Waals surface area contributed by atoms with E-state index < -0.39 is 22.7 Å². The minimum Gasteiger partial charge on any atom is -0.504 e. The molecule has 0 radical (unpaired) electrons. The van der Waals surface area contributed by atoms with Gasteiger partial charge in [-0.3, -0.25) is 0 Å². The molecule has 2 aromatic rings. The van der Waals surface area contributed by atoms with Crippen molar-refractivity contribution in [3.8, 4) is 34.1 Å². The van der Waals surface area contributed by atoms with E-state index in [1.807, 2.05) is 39.0 Å². The van der Waals surface area contributed by atoms with E-state index in [1.54, 1.807) is 0 Å². The van der Waals surface area contributed by atoms with E-state index in [4.69, 9.17) is 0 Å². The van der Waals surface area contributed by atoms with Gasteiger partial charge < -0.3 is 20.4 Å². The van der Waals surface area contributed by atoms with Crippen molar-refractivity contribution < 1.29 is 20.4 Å². The van der Waals surface area contributed by atoms with Crippen LogP contribution in [0.3, 0.4) is 0 Å². The summed E-state index contributed by atoms with van der Waals surface area (Å²) in [6, 6.07) is 5.75. The molecule has 0 unspecified atom stereocenters. The fourth-order valence-corrected chi connectivity index (χ4v) is 3.10. The second-order valence-corrected chi connectivity index (χ2v) is 5.82. The zero-order valence-electron chi connectivity index (χ0n) is 11.5. The standard InChI is InChI=1S/C16H16O4/c1-7-4-5-8-9(6-7)16(2,3)11-10(8)12(17)14(19)15(20)13(11)18/h4-6,17-20H,1-3H3. The van der Waals surface area contributed by atoms with Crippen molar-refractivity contribution in [2.75, 3.05) is 0 Å². The molecule has 1 aliphatic carbocycles. The van der Waals surface area contributed by atoms with Crippen molar-refractivity contribution in [2.24, 2.45) is 0 Å². The molecular formula is C16H16O4. The molecule has 0 saturated heterocycles. The minimum absolute atomic E-state index is 0.380. The maximum Gasteiger partial charge on any atom is 0.204 e. The Morgan fingerprint density at radius 2 is 1.45 bits per heavy atom. The second-order valence-electron chi connectivity index (χ2n) is 5.82. The van der Waals surface area contributed by atoms with Crippen LogP contribution in [0.15, 0.2) is 18.2 Å². The normalized spacial score (nSPS) is 14.9. The van der Waals surface area contributed by atoms with Gasteiger partial charge in [-0.2, -0.15) is 0 Å². The summed E-state index contributed by atoms with van der Waals surface area (Å²) >= 11 is 0. The van der Waals surface area contributed by atoms with Crippen LogP contribution < -0.4 is 0 Å². The Hall–Kier alpha value is -2.36. The Morgan fingerprint density at radius 1 is 0.850 bits per heavy atom. The van der Waals surface area contributed by atoms with E-state index in [2.05, 4.69) is 0 Å². The van der Waals surface area contributed by atoms with E-state index in [0.717, 1.165) is 16.7 Å². The fraction of sp³-hybridized carbons (Fsp3) is 0.250. The highest BCUT2D eigenvalue weighted by Gasteiger charge is 2.42. The quantitative estimate of drug-likeness (QED) is 0.439. The zero-order chi connectivity index (χ0) is 14.8. The topological polar surface area (TPSA) is 80.9 Å². The molecule has 0 saturated carbocycles. The van der Waals surface area contributed by atoms with E-state index in [1.165, 1.54) is 0 Å². The minimum atomic E-state index is -0.689. The summed E-state index contributed by atoms with van der Waals surface area (Å²) in [5.74, 6) is -2.15. The molecule has 0 atom stereocenters. The van der Waals surface area contributed by atoms with E-state index in [9.17, 15) is 20.4 Å². The summed E-state index contributed by atoms with van der Waals surface area (Å²) < 4.78 is 0. The first-order valence-corrected chi connectivity index (χ1v) is 6.38. The Bertz CT molecular complexity index is 745. The number of aromatic hydroxyl groups is 4.